The summed E-state index contributed by atoms with van der Waals surface area (Å²) < 4.78 is 27.3. The number of amides is 2. The van der Waals surface area contributed by atoms with E-state index in [1.807, 2.05) is 0 Å². The van der Waals surface area contributed by atoms with E-state index in [-0.39, 0.29) is 23.8 Å². The number of unbranched alkanes of at least 4 members (excludes halogenated alkanes) is 1. The molecule has 1 saturated heterocycles. The first-order valence-corrected chi connectivity index (χ1v) is 15.2. The molecule has 2 heterocycles. The minimum atomic E-state index is -3.90. The molecule has 0 radical (unpaired) electrons. The zero-order valence-electron chi connectivity index (χ0n) is 22.7. The average molecular weight is 585 g/mol. The predicted molar refractivity (Wildman–Crippen MR) is 154 cm³/mol. The summed E-state index contributed by atoms with van der Waals surface area (Å²) in [6.07, 6.45) is 2.72. The van der Waals surface area contributed by atoms with Crippen LogP contribution >= 0.6 is 0 Å². The molecule has 41 heavy (non-hydrogen) atoms. The maximum Gasteiger partial charge on any atom is 0.326 e. The van der Waals surface area contributed by atoms with Crippen molar-refractivity contribution in [3.8, 4) is 0 Å². The standard InChI is InChI=1S/C28H36N6O6S/c35-25(10-4-5-15-29-28-30-16-17-31-28)32-21-13-11-20(12-14-21)19-23(27(37)38)33-26(36)24-9-6-18-34(24)41(39,40)22-7-2-1-3-8-22/h1-3,7-8,11-14,23-24H,4-6,9-10,15-19H2,(H,32,35)(H,33,36)(H,37,38)(H2,29,30,31)/t23-,24-/m0/s1. The van der Waals surface area contributed by atoms with Crippen LogP contribution in [0.1, 0.15) is 37.7 Å². The van der Waals surface area contributed by atoms with Crippen LogP contribution in [0.15, 0.2) is 64.5 Å². The summed E-state index contributed by atoms with van der Waals surface area (Å²) in [7, 11) is -3.90. The van der Waals surface area contributed by atoms with E-state index < -0.39 is 34.0 Å². The Kier molecular flexibility index (Phi) is 10.3. The Morgan fingerprint density at radius 3 is 2.51 bits per heavy atom. The molecule has 220 valence electrons. The number of nitrogens with zero attached hydrogens (tertiary/aromatic N) is 2. The molecule has 0 unspecified atom stereocenters. The fourth-order valence-electron chi connectivity index (χ4n) is 4.80. The maximum absolute atomic E-state index is 13.1. The number of carbonyl (C=O) groups is 3. The number of carboxylic acid groups (broad SMARTS) is 1. The molecular formula is C28H36N6O6S. The first-order valence-electron chi connectivity index (χ1n) is 13.7. The zero-order valence-corrected chi connectivity index (χ0v) is 23.5. The molecule has 2 aromatic rings. The number of aliphatic carboxylic acids is 1. The van der Waals surface area contributed by atoms with Gasteiger partial charge < -0.3 is 26.4 Å². The molecule has 2 aliphatic rings. The number of hydrogen-bond donors (Lipinski definition) is 5. The third kappa shape index (κ3) is 8.27. The van der Waals surface area contributed by atoms with Crippen molar-refractivity contribution in [1.29, 1.82) is 0 Å². The molecule has 0 aliphatic carbocycles. The quantitative estimate of drug-likeness (QED) is 0.220. The van der Waals surface area contributed by atoms with Gasteiger partial charge in [0.25, 0.3) is 0 Å². The van der Waals surface area contributed by atoms with E-state index in [9.17, 15) is 27.9 Å². The summed E-state index contributed by atoms with van der Waals surface area (Å²) in [6, 6.07) is 12.4. The fourth-order valence-corrected chi connectivity index (χ4v) is 6.48. The summed E-state index contributed by atoms with van der Waals surface area (Å²) in [6.45, 7) is 2.53. The van der Waals surface area contributed by atoms with Crippen molar-refractivity contribution in [2.75, 3.05) is 31.5 Å². The first kappa shape index (κ1) is 30.0. The molecule has 12 nitrogen and oxygen atoms in total. The van der Waals surface area contributed by atoms with Gasteiger partial charge in [0, 0.05) is 38.2 Å². The summed E-state index contributed by atoms with van der Waals surface area (Å²) in [5.41, 5.74) is 1.23. The van der Waals surface area contributed by atoms with Gasteiger partial charge in [0.05, 0.1) is 11.4 Å². The molecule has 2 amide bonds. The lowest BCUT2D eigenvalue weighted by molar-refractivity contribution is -0.142. The maximum atomic E-state index is 13.1. The Morgan fingerprint density at radius 2 is 1.83 bits per heavy atom. The summed E-state index contributed by atoms with van der Waals surface area (Å²) in [4.78, 5) is 41.7. The number of rotatable bonds is 13. The minimum absolute atomic E-state index is 0.000599. The van der Waals surface area contributed by atoms with Gasteiger partial charge in [-0.25, -0.2) is 13.2 Å². The van der Waals surface area contributed by atoms with E-state index in [0.717, 1.165) is 42.7 Å². The van der Waals surface area contributed by atoms with E-state index in [2.05, 4.69) is 26.3 Å². The van der Waals surface area contributed by atoms with Crippen LogP contribution in [0.3, 0.4) is 0 Å². The summed E-state index contributed by atoms with van der Waals surface area (Å²) in [5.74, 6) is -1.18. The van der Waals surface area contributed by atoms with Crippen LogP contribution in [-0.2, 0) is 30.8 Å². The second-order valence-electron chi connectivity index (χ2n) is 9.98. The Morgan fingerprint density at radius 1 is 1.07 bits per heavy atom. The molecule has 0 bridgehead atoms. The smallest absolute Gasteiger partial charge is 0.326 e. The van der Waals surface area contributed by atoms with Crippen molar-refractivity contribution in [2.24, 2.45) is 4.99 Å². The second-order valence-corrected chi connectivity index (χ2v) is 11.9. The molecule has 13 heteroatoms. The van der Waals surface area contributed by atoms with Crippen molar-refractivity contribution in [1.82, 2.24) is 20.3 Å². The predicted octanol–water partition coefficient (Wildman–Crippen LogP) is 1.31. The highest BCUT2D eigenvalue weighted by Gasteiger charge is 2.40. The van der Waals surface area contributed by atoms with Crippen LogP contribution < -0.4 is 21.3 Å². The summed E-state index contributed by atoms with van der Waals surface area (Å²) in [5, 5.41) is 21.4. The topological polar surface area (TPSA) is 169 Å². The number of sulfonamides is 1. The van der Waals surface area contributed by atoms with Crippen LogP contribution in [0.5, 0.6) is 0 Å². The van der Waals surface area contributed by atoms with Crippen molar-refractivity contribution in [3.63, 3.8) is 0 Å². The number of aliphatic imine (C=N–C) groups is 1. The van der Waals surface area contributed by atoms with E-state index in [1.165, 1.54) is 12.1 Å². The molecular weight excluding hydrogens is 548 g/mol. The van der Waals surface area contributed by atoms with E-state index in [0.29, 0.717) is 30.5 Å². The normalized spacial score (nSPS) is 17.8. The highest BCUT2D eigenvalue weighted by atomic mass is 32.2. The zero-order chi connectivity index (χ0) is 29.2. The van der Waals surface area contributed by atoms with Crippen LogP contribution in [0, 0.1) is 0 Å². The van der Waals surface area contributed by atoms with Crippen molar-refractivity contribution in [2.45, 2.75) is 55.5 Å². The fraction of sp³-hybridized carbons (Fsp3) is 0.429. The third-order valence-corrected chi connectivity index (χ3v) is 8.87. The Hall–Kier alpha value is -3.97. The lowest BCUT2D eigenvalue weighted by Gasteiger charge is -2.25. The number of hydrogen-bond acceptors (Lipinski definition) is 8. The van der Waals surface area contributed by atoms with E-state index in [4.69, 9.17) is 0 Å². The Labute approximate surface area is 239 Å². The number of benzene rings is 2. The Balaban J connectivity index is 1.26. The van der Waals surface area contributed by atoms with Gasteiger partial charge in [-0.15, -0.1) is 0 Å². The number of guanidine groups is 1. The SMILES string of the molecule is O=C(CCCCNC1=NCCN1)Nc1ccc(C[C@H](NC(=O)[C@@H]2CCCN2S(=O)(=O)c2ccccc2)C(=O)O)cc1. The van der Waals surface area contributed by atoms with Gasteiger partial charge in [-0.2, -0.15) is 4.31 Å². The molecule has 5 N–H and O–H groups in total. The van der Waals surface area contributed by atoms with E-state index >= 15 is 0 Å². The largest absolute Gasteiger partial charge is 0.480 e. The molecule has 0 spiro atoms. The van der Waals surface area contributed by atoms with Crippen molar-refractivity contribution < 1.29 is 27.9 Å². The van der Waals surface area contributed by atoms with Crippen LogP contribution in [0.2, 0.25) is 0 Å². The number of nitrogens with one attached hydrogen (secondary N) is 4. The van der Waals surface area contributed by atoms with Gasteiger partial charge in [0.1, 0.15) is 12.1 Å². The Bertz CT molecular complexity index is 1350. The minimum Gasteiger partial charge on any atom is -0.480 e. The second kappa shape index (κ2) is 14.1. The van der Waals surface area contributed by atoms with E-state index in [1.54, 1.807) is 42.5 Å². The number of anilines is 1. The van der Waals surface area contributed by atoms with Gasteiger partial charge in [-0.05, 0) is 55.5 Å². The molecule has 2 aromatic carbocycles. The van der Waals surface area contributed by atoms with Crippen molar-refractivity contribution >= 4 is 39.5 Å². The van der Waals surface area contributed by atoms with Gasteiger partial charge in [0.2, 0.25) is 21.8 Å². The molecule has 2 aliphatic heterocycles. The molecule has 0 aromatic heterocycles. The number of carboxylic acids is 1. The lowest BCUT2D eigenvalue weighted by atomic mass is 10.0. The van der Waals surface area contributed by atoms with Gasteiger partial charge in [0.15, 0.2) is 5.96 Å². The highest BCUT2D eigenvalue weighted by Crippen LogP contribution is 2.26. The third-order valence-electron chi connectivity index (χ3n) is 6.95. The molecule has 2 atom stereocenters. The van der Waals surface area contributed by atoms with Crippen LogP contribution in [0.4, 0.5) is 5.69 Å². The molecule has 4 rings (SSSR count). The van der Waals surface area contributed by atoms with Gasteiger partial charge in [-0.1, -0.05) is 30.3 Å². The monoisotopic (exact) mass is 584 g/mol. The van der Waals surface area contributed by atoms with Crippen LogP contribution in [0.25, 0.3) is 0 Å². The lowest BCUT2D eigenvalue weighted by Crippen LogP contribution is -2.51. The number of carbonyl (C=O) groups excluding carboxylic acids is 2. The van der Waals surface area contributed by atoms with Crippen LogP contribution in [-0.4, -0.2) is 79.8 Å². The van der Waals surface area contributed by atoms with Gasteiger partial charge in [-0.3, -0.25) is 14.6 Å². The first-order chi connectivity index (χ1) is 19.7. The average Bonchev–Trinajstić information content (AvgIpc) is 3.67. The molecule has 0 saturated carbocycles. The van der Waals surface area contributed by atoms with Crippen molar-refractivity contribution in [3.05, 3.63) is 60.2 Å². The van der Waals surface area contributed by atoms with Gasteiger partial charge >= 0.3 is 5.97 Å². The highest BCUT2D eigenvalue weighted by molar-refractivity contribution is 7.89. The molecule has 1 fully saturated rings. The summed E-state index contributed by atoms with van der Waals surface area (Å²) >= 11 is 0.